The number of anilines is 1. The number of hydrogen-bond acceptors (Lipinski definition) is 5. The van der Waals surface area contributed by atoms with E-state index in [1.54, 1.807) is 18.0 Å². The van der Waals surface area contributed by atoms with E-state index in [1.807, 2.05) is 0 Å². The lowest BCUT2D eigenvalue weighted by Crippen LogP contribution is -2.21. The Bertz CT molecular complexity index is 918. The van der Waals surface area contributed by atoms with Crippen molar-refractivity contribution in [3.63, 3.8) is 0 Å². The Balaban J connectivity index is 2.42. The number of carbonyl (C=O) groups excluding carboxylic acids is 1. The highest BCUT2D eigenvalue weighted by Gasteiger charge is 2.19. The van der Waals surface area contributed by atoms with Gasteiger partial charge in [-0.3, -0.25) is 0 Å². The van der Waals surface area contributed by atoms with Gasteiger partial charge in [-0.15, -0.1) is 0 Å². The topological polar surface area (TPSA) is 89.7 Å². The minimum Gasteiger partial charge on any atom is -0.465 e. The van der Waals surface area contributed by atoms with E-state index < -0.39 is 21.8 Å². The summed E-state index contributed by atoms with van der Waals surface area (Å²) in [7, 11) is -1.11. The average molecular weight is 387 g/mol. The fraction of sp³-hybridized carbons (Fsp3) is 0.188. The maximum Gasteiger partial charge on any atom is 0.340 e. The molecule has 0 fully saturated rings. The summed E-state index contributed by atoms with van der Waals surface area (Å²) in [5, 5.41) is 5.11. The fourth-order valence-corrected chi connectivity index (χ4v) is 2.95. The molecule has 0 aromatic heterocycles. The van der Waals surface area contributed by atoms with Crippen LogP contribution < -0.4 is 10.0 Å². The molecule has 0 unspecified atom stereocenters. The number of sulfonamides is 1. The number of nitrogens with two attached hydrogens (primary N) is 1. The van der Waals surface area contributed by atoms with Gasteiger partial charge in [0.05, 0.1) is 28.3 Å². The van der Waals surface area contributed by atoms with Crippen molar-refractivity contribution in [3.05, 3.63) is 58.4 Å². The highest BCUT2D eigenvalue weighted by Crippen LogP contribution is 2.26. The molecule has 0 amide bonds. The lowest BCUT2D eigenvalue weighted by atomic mass is 10.1. The van der Waals surface area contributed by atoms with Crippen LogP contribution in [0.4, 0.5) is 10.1 Å². The molecule has 0 saturated heterocycles. The quantitative estimate of drug-likeness (QED) is 0.797. The van der Waals surface area contributed by atoms with Gasteiger partial charge in [-0.25, -0.2) is 22.7 Å². The Hall–Kier alpha value is -2.16. The summed E-state index contributed by atoms with van der Waals surface area (Å²) in [6.07, 6.45) is 0. The number of primary sulfonamides is 1. The van der Waals surface area contributed by atoms with E-state index >= 15 is 0 Å². The third-order valence-electron chi connectivity index (χ3n) is 3.52. The number of carbonyl (C=O) groups is 1. The van der Waals surface area contributed by atoms with Crippen LogP contribution in [0.3, 0.4) is 0 Å². The van der Waals surface area contributed by atoms with E-state index in [4.69, 9.17) is 21.5 Å². The molecule has 0 radical (unpaired) electrons. The lowest BCUT2D eigenvalue weighted by molar-refractivity contribution is 0.0601. The molecule has 0 aliphatic heterocycles. The van der Waals surface area contributed by atoms with Crippen molar-refractivity contribution in [1.29, 1.82) is 0 Å². The summed E-state index contributed by atoms with van der Waals surface area (Å²) < 4.78 is 41.3. The summed E-state index contributed by atoms with van der Waals surface area (Å²) in [6, 6.07) is 8.25. The first-order valence-corrected chi connectivity index (χ1v) is 8.96. The number of halogens is 2. The van der Waals surface area contributed by atoms with E-state index in [9.17, 15) is 17.6 Å². The number of hydrogen-bond donors (Lipinski definition) is 1. The van der Waals surface area contributed by atoms with Crippen LogP contribution >= 0.6 is 11.6 Å². The zero-order valence-electron chi connectivity index (χ0n) is 13.5. The van der Waals surface area contributed by atoms with Gasteiger partial charge in [0.2, 0.25) is 10.0 Å². The standard InChI is InChI=1S/C16H16ClFN2O4S/c1-20(9-10-3-5-13(17)14(18)7-10)15-6-4-11(25(19,22)23)8-12(15)16(21)24-2/h3-8H,9H2,1-2H3,(H2,19,22,23). The molecule has 0 bridgehead atoms. The summed E-state index contributed by atoms with van der Waals surface area (Å²) >= 11 is 5.66. The molecule has 0 atom stereocenters. The van der Waals surface area contributed by atoms with Crippen LogP contribution in [0.25, 0.3) is 0 Å². The van der Waals surface area contributed by atoms with Crippen LogP contribution in [0.1, 0.15) is 15.9 Å². The predicted molar refractivity (Wildman–Crippen MR) is 92.7 cm³/mol. The molecular weight excluding hydrogens is 371 g/mol. The second kappa shape index (κ2) is 7.38. The molecule has 2 aromatic carbocycles. The number of ether oxygens (including phenoxy) is 1. The largest absolute Gasteiger partial charge is 0.465 e. The third kappa shape index (κ3) is 4.47. The van der Waals surface area contributed by atoms with Crippen LogP contribution in [-0.4, -0.2) is 28.5 Å². The molecule has 0 aliphatic carbocycles. The first-order valence-electron chi connectivity index (χ1n) is 7.03. The highest BCUT2D eigenvalue weighted by atomic mass is 35.5. The minimum atomic E-state index is -3.97. The Morgan fingerprint density at radius 1 is 1.28 bits per heavy atom. The predicted octanol–water partition coefficient (Wildman–Crippen LogP) is 2.55. The first kappa shape index (κ1) is 19.2. The molecule has 134 valence electrons. The summed E-state index contributed by atoms with van der Waals surface area (Å²) in [5.41, 5.74) is 1.07. The summed E-state index contributed by atoms with van der Waals surface area (Å²) in [4.78, 5) is 13.5. The van der Waals surface area contributed by atoms with Crippen molar-refractivity contribution in [3.8, 4) is 0 Å². The normalized spacial score (nSPS) is 11.2. The smallest absolute Gasteiger partial charge is 0.340 e. The third-order valence-corrected chi connectivity index (χ3v) is 4.73. The molecule has 0 saturated carbocycles. The molecule has 25 heavy (non-hydrogen) atoms. The second-order valence-corrected chi connectivity index (χ2v) is 7.29. The second-order valence-electron chi connectivity index (χ2n) is 5.32. The number of esters is 1. The van der Waals surface area contributed by atoms with E-state index in [2.05, 4.69) is 0 Å². The van der Waals surface area contributed by atoms with Gasteiger partial charge in [0, 0.05) is 13.6 Å². The highest BCUT2D eigenvalue weighted by molar-refractivity contribution is 7.89. The van der Waals surface area contributed by atoms with E-state index in [0.29, 0.717) is 11.3 Å². The van der Waals surface area contributed by atoms with E-state index in [1.165, 1.54) is 31.4 Å². The molecule has 9 heteroatoms. The van der Waals surface area contributed by atoms with Crippen molar-refractivity contribution in [1.82, 2.24) is 0 Å². The monoisotopic (exact) mass is 386 g/mol. The summed E-state index contributed by atoms with van der Waals surface area (Å²) in [5.74, 6) is -1.26. The van der Waals surface area contributed by atoms with E-state index in [-0.39, 0.29) is 22.0 Å². The SMILES string of the molecule is COC(=O)c1cc(S(N)(=O)=O)ccc1N(C)Cc1ccc(Cl)c(F)c1. The van der Waals surface area contributed by atoms with Gasteiger partial charge in [0.25, 0.3) is 0 Å². The van der Waals surface area contributed by atoms with Crippen LogP contribution in [-0.2, 0) is 21.3 Å². The van der Waals surface area contributed by atoms with Crippen molar-refractivity contribution in [2.45, 2.75) is 11.4 Å². The maximum absolute atomic E-state index is 13.6. The van der Waals surface area contributed by atoms with Gasteiger partial charge < -0.3 is 9.64 Å². The maximum atomic E-state index is 13.6. The van der Waals surface area contributed by atoms with E-state index in [0.717, 1.165) is 6.07 Å². The summed E-state index contributed by atoms with van der Waals surface area (Å²) in [6.45, 7) is 0.257. The minimum absolute atomic E-state index is 0.0131. The number of rotatable bonds is 5. The molecule has 2 aromatic rings. The van der Waals surface area contributed by atoms with Gasteiger partial charge >= 0.3 is 5.97 Å². The van der Waals surface area contributed by atoms with Crippen LogP contribution in [0.15, 0.2) is 41.3 Å². The number of nitrogens with zero attached hydrogens (tertiary/aromatic N) is 1. The fourth-order valence-electron chi connectivity index (χ4n) is 2.30. The molecule has 0 spiro atoms. The Kier molecular flexibility index (Phi) is 5.66. The molecule has 2 N–H and O–H groups in total. The first-order chi connectivity index (χ1) is 11.6. The van der Waals surface area contributed by atoms with Gasteiger partial charge in [0.1, 0.15) is 5.82 Å². The van der Waals surface area contributed by atoms with Gasteiger partial charge in [-0.1, -0.05) is 17.7 Å². The zero-order chi connectivity index (χ0) is 18.8. The van der Waals surface area contributed by atoms with Crippen molar-refractivity contribution in [2.75, 3.05) is 19.1 Å². The Labute approximate surface area is 150 Å². The number of methoxy groups -OCH3 is 1. The average Bonchev–Trinajstić information content (AvgIpc) is 2.56. The van der Waals surface area contributed by atoms with Crippen LogP contribution in [0, 0.1) is 5.82 Å². The zero-order valence-corrected chi connectivity index (χ0v) is 15.1. The molecular formula is C16H16ClFN2O4S. The van der Waals surface area contributed by atoms with Gasteiger partial charge in [-0.2, -0.15) is 0 Å². The van der Waals surface area contributed by atoms with Crippen molar-refractivity contribution < 1.29 is 22.3 Å². The van der Waals surface area contributed by atoms with Gasteiger partial charge in [-0.05, 0) is 35.9 Å². The van der Waals surface area contributed by atoms with Gasteiger partial charge in [0.15, 0.2) is 0 Å². The molecule has 2 rings (SSSR count). The number of benzene rings is 2. The Morgan fingerprint density at radius 2 is 1.96 bits per heavy atom. The lowest BCUT2D eigenvalue weighted by Gasteiger charge is -2.22. The van der Waals surface area contributed by atoms with Crippen molar-refractivity contribution in [2.24, 2.45) is 5.14 Å². The van der Waals surface area contributed by atoms with Crippen LogP contribution in [0.5, 0.6) is 0 Å². The Morgan fingerprint density at radius 3 is 2.52 bits per heavy atom. The molecule has 6 nitrogen and oxygen atoms in total. The van der Waals surface area contributed by atoms with Crippen molar-refractivity contribution >= 4 is 33.3 Å². The molecule has 0 heterocycles. The van der Waals surface area contributed by atoms with Crippen LogP contribution in [0.2, 0.25) is 5.02 Å². The molecule has 0 aliphatic rings.